The van der Waals surface area contributed by atoms with E-state index in [1.165, 1.54) is 5.56 Å². The van der Waals surface area contributed by atoms with Gasteiger partial charge < -0.3 is 0 Å². The van der Waals surface area contributed by atoms with Gasteiger partial charge in [-0.25, -0.2) is 4.98 Å². The molecule has 152 valence electrons. The van der Waals surface area contributed by atoms with E-state index in [9.17, 15) is 4.79 Å². The number of amides is 1. The summed E-state index contributed by atoms with van der Waals surface area (Å²) in [6, 6.07) is 18.0. The van der Waals surface area contributed by atoms with E-state index in [0.29, 0.717) is 23.2 Å². The monoisotopic (exact) mass is 415 g/mol. The van der Waals surface area contributed by atoms with E-state index in [1.54, 1.807) is 22.4 Å². The Bertz CT molecular complexity index is 1200. The number of pyridine rings is 1. The van der Waals surface area contributed by atoms with Crippen molar-refractivity contribution in [3.8, 4) is 0 Å². The summed E-state index contributed by atoms with van der Waals surface area (Å²) in [6.45, 7) is 8.69. The zero-order valence-corrected chi connectivity index (χ0v) is 18.5. The molecule has 0 atom stereocenters. The molecule has 0 saturated heterocycles. The third-order valence-electron chi connectivity index (χ3n) is 5.21. The number of carbonyl (C=O) groups is 1. The number of rotatable bonds is 5. The zero-order valence-electron chi connectivity index (χ0n) is 17.7. The van der Waals surface area contributed by atoms with E-state index >= 15 is 0 Å². The number of aromatic nitrogens is 2. The van der Waals surface area contributed by atoms with Crippen LogP contribution in [0.4, 0.5) is 5.13 Å². The lowest BCUT2D eigenvalue weighted by atomic mass is 10.0. The van der Waals surface area contributed by atoms with Crippen LogP contribution in [0.3, 0.4) is 0 Å². The van der Waals surface area contributed by atoms with Crippen LogP contribution in [0.15, 0.2) is 60.8 Å². The number of anilines is 1. The summed E-state index contributed by atoms with van der Waals surface area (Å²) in [4.78, 5) is 24.8. The van der Waals surface area contributed by atoms with Gasteiger partial charge in [0, 0.05) is 11.8 Å². The molecule has 0 bridgehead atoms. The number of benzene rings is 2. The highest BCUT2D eigenvalue weighted by atomic mass is 32.1. The predicted octanol–water partition coefficient (Wildman–Crippen LogP) is 6.28. The van der Waals surface area contributed by atoms with Gasteiger partial charge in [0.2, 0.25) is 0 Å². The SMILES string of the molecule is Cc1ccc(C)c(C(=O)N(Cc2ccccn2)c2nc3c(C(C)C)cccc3s2)c1. The predicted molar refractivity (Wildman–Crippen MR) is 124 cm³/mol. The molecule has 4 nitrogen and oxygen atoms in total. The topological polar surface area (TPSA) is 46.1 Å². The molecule has 0 fully saturated rings. The summed E-state index contributed by atoms with van der Waals surface area (Å²) in [7, 11) is 0. The van der Waals surface area contributed by atoms with Crippen LogP contribution in [-0.4, -0.2) is 15.9 Å². The molecule has 30 heavy (non-hydrogen) atoms. The van der Waals surface area contributed by atoms with Gasteiger partial charge in [0.05, 0.1) is 22.5 Å². The van der Waals surface area contributed by atoms with Crippen LogP contribution in [-0.2, 0) is 6.54 Å². The highest BCUT2D eigenvalue weighted by molar-refractivity contribution is 7.22. The van der Waals surface area contributed by atoms with Crippen LogP contribution in [0.25, 0.3) is 10.2 Å². The summed E-state index contributed by atoms with van der Waals surface area (Å²) in [5, 5.41) is 0.703. The standard InChI is InChI=1S/C25H25N3OS/c1-16(2)20-9-7-10-22-23(20)27-25(30-22)28(15-19-8-5-6-13-26-19)24(29)21-14-17(3)11-12-18(21)4/h5-14,16H,15H2,1-4H3. The van der Waals surface area contributed by atoms with Crippen molar-refractivity contribution in [2.24, 2.45) is 0 Å². The molecule has 0 saturated carbocycles. The molecule has 0 aliphatic carbocycles. The van der Waals surface area contributed by atoms with Gasteiger partial charge in [-0.3, -0.25) is 14.7 Å². The zero-order chi connectivity index (χ0) is 21.3. The highest BCUT2D eigenvalue weighted by Gasteiger charge is 2.24. The highest BCUT2D eigenvalue weighted by Crippen LogP contribution is 2.35. The number of hydrogen-bond acceptors (Lipinski definition) is 4. The molecule has 0 aliphatic rings. The lowest BCUT2D eigenvalue weighted by Gasteiger charge is -2.21. The average Bonchev–Trinajstić information content (AvgIpc) is 3.17. The fourth-order valence-electron chi connectivity index (χ4n) is 3.53. The smallest absolute Gasteiger partial charge is 0.260 e. The van der Waals surface area contributed by atoms with Crippen molar-refractivity contribution in [1.82, 2.24) is 9.97 Å². The molecule has 5 heteroatoms. The molecule has 0 radical (unpaired) electrons. The maximum Gasteiger partial charge on any atom is 0.260 e. The lowest BCUT2D eigenvalue weighted by molar-refractivity contribution is 0.0984. The molecular weight excluding hydrogens is 390 g/mol. The molecule has 2 aromatic carbocycles. The van der Waals surface area contributed by atoms with Crippen LogP contribution >= 0.6 is 11.3 Å². The second-order valence-corrected chi connectivity index (χ2v) is 8.88. The maximum absolute atomic E-state index is 13.7. The Morgan fingerprint density at radius 2 is 1.90 bits per heavy atom. The molecule has 0 spiro atoms. The van der Waals surface area contributed by atoms with E-state index < -0.39 is 0 Å². The number of aryl methyl sites for hydroxylation is 2. The fourth-order valence-corrected chi connectivity index (χ4v) is 4.53. The number of nitrogens with zero attached hydrogens (tertiary/aromatic N) is 3. The molecule has 0 aliphatic heterocycles. The van der Waals surface area contributed by atoms with Gasteiger partial charge in [0.25, 0.3) is 5.91 Å². The minimum Gasteiger partial charge on any atom is -0.278 e. The van der Waals surface area contributed by atoms with Gasteiger partial charge in [-0.2, -0.15) is 0 Å². The van der Waals surface area contributed by atoms with Gasteiger partial charge in [-0.15, -0.1) is 0 Å². The maximum atomic E-state index is 13.7. The van der Waals surface area contributed by atoms with Crippen LogP contribution in [0.5, 0.6) is 0 Å². The van der Waals surface area contributed by atoms with Crippen LogP contribution in [0.1, 0.15) is 52.5 Å². The minimum absolute atomic E-state index is 0.0491. The first kappa shape index (κ1) is 20.2. The molecule has 0 unspecified atom stereocenters. The van der Waals surface area contributed by atoms with Crippen molar-refractivity contribution >= 4 is 32.6 Å². The van der Waals surface area contributed by atoms with E-state index in [2.05, 4.69) is 37.0 Å². The number of carbonyl (C=O) groups excluding carboxylic acids is 1. The van der Waals surface area contributed by atoms with E-state index in [-0.39, 0.29) is 5.91 Å². The number of para-hydroxylation sites is 1. The molecular formula is C25H25N3OS. The van der Waals surface area contributed by atoms with Crippen molar-refractivity contribution in [2.45, 2.75) is 40.2 Å². The molecule has 0 N–H and O–H groups in total. The first-order valence-corrected chi connectivity index (χ1v) is 10.9. The van der Waals surface area contributed by atoms with Gasteiger partial charge >= 0.3 is 0 Å². The second kappa shape index (κ2) is 8.36. The summed E-state index contributed by atoms with van der Waals surface area (Å²) >= 11 is 1.56. The van der Waals surface area contributed by atoms with Crippen molar-refractivity contribution < 1.29 is 4.79 Å². The second-order valence-electron chi connectivity index (χ2n) is 7.88. The summed E-state index contributed by atoms with van der Waals surface area (Å²) in [6.07, 6.45) is 1.76. The molecule has 2 aromatic heterocycles. The van der Waals surface area contributed by atoms with Crippen molar-refractivity contribution in [3.05, 3.63) is 88.7 Å². The van der Waals surface area contributed by atoms with E-state index in [0.717, 1.165) is 27.0 Å². The Hall–Kier alpha value is -3.05. The molecule has 4 rings (SSSR count). The van der Waals surface area contributed by atoms with Gasteiger partial charge in [0.15, 0.2) is 5.13 Å². The number of thiazole rings is 1. The molecule has 1 amide bonds. The van der Waals surface area contributed by atoms with Crippen molar-refractivity contribution in [3.63, 3.8) is 0 Å². The first-order chi connectivity index (χ1) is 14.4. The lowest BCUT2D eigenvalue weighted by Crippen LogP contribution is -2.31. The van der Waals surface area contributed by atoms with Crippen LogP contribution in [0.2, 0.25) is 0 Å². The Morgan fingerprint density at radius 1 is 1.07 bits per heavy atom. The third-order valence-corrected chi connectivity index (χ3v) is 6.25. The summed E-state index contributed by atoms with van der Waals surface area (Å²) < 4.78 is 1.09. The summed E-state index contributed by atoms with van der Waals surface area (Å²) in [5.41, 5.74) is 5.74. The fraction of sp³-hybridized carbons (Fsp3) is 0.240. The van der Waals surface area contributed by atoms with E-state index in [4.69, 9.17) is 4.98 Å². The first-order valence-electron chi connectivity index (χ1n) is 10.1. The largest absolute Gasteiger partial charge is 0.278 e. The van der Waals surface area contributed by atoms with Crippen LogP contribution < -0.4 is 4.90 Å². The Labute approximate surface area is 181 Å². The Morgan fingerprint density at radius 3 is 2.63 bits per heavy atom. The Kier molecular flexibility index (Phi) is 5.64. The molecule has 2 heterocycles. The van der Waals surface area contributed by atoms with Gasteiger partial charge in [-0.1, -0.05) is 61.1 Å². The van der Waals surface area contributed by atoms with Gasteiger partial charge in [0.1, 0.15) is 0 Å². The summed E-state index contributed by atoms with van der Waals surface area (Å²) in [5.74, 6) is 0.314. The molecule has 4 aromatic rings. The van der Waals surface area contributed by atoms with Crippen molar-refractivity contribution in [1.29, 1.82) is 0 Å². The average molecular weight is 416 g/mol. The Balaban J connectivity index is 1.83. The van der Waals surface area contributed by atoms with E-state index in [1.807, 2.05) is 50.2 Å². The quantitative estimate of drug-likeness (QED) is 0.385. The number of fused-ring (bicyclic) bond motifs is 1. The number of hydrogen-bond donors (Lipinski definition) is 0. The third kappa shape index (κ3) is 3.98. The van der Waals surface area contributed by atoms with Gasteiger partial charge in [-0.05, 0) is 55.2 Å². The minimum atomic E-state index is -0.0491. The van der Waals surface area contributed by atoms with Crippen LogP contribution in [0, 0.1) is 13.8 Å². The normalized spacial score (nSPS) is 11.2. The van der Waals surface area contributed by atoms with Crippen molar-refractivity contribution in [2.75, 3.05) is 4.90 Å².